The number of nitrogens with two attached hydrogens (primary N) is 1. The zero-order chi connectivity index (χ0) is 22.6. The maximum absolute atomic E-state index is 13.8. The summed E-state index contributed by atoms with van der Waals surface area (Å²) in [6.07, 6.45) is 3.99. The standard InChI is InChI=1S/C22H23Cl2N5O3/c1-12-18-13(7-14(23)8-15(18)24)3-4-29(12)20(30)22(2)11-28(5-6-31-22)17-10-26-9-16-19(17)32-21(25)27-16/h7-10,12H,3-6,11H2,1-2H3,(H2,25,27)/t12-,22?/m0/s1. The molecule has 4 heterocycles. The first kappa shape index (κ1) is 21.3. The Morgan fingerprint density at radius 1 is 1.28 bits per heavy atom. The van der Waals surface area contributed by atoms with Gasteiger partial charge in [-0.2, -0.15) is 4.98 Å². The Kier molecular flexibility index (Phi) is 5.19. The highest BCUT2D eigenvalue weighted by Crippen LogP contribution is 2.39. The predicted molar refractivity (Wildman–Crippen MR) is 123 cm³/mol. The Hall–Kier alpha value is -2.55. The number of carbonyl (C=O) groups excluding carboxylic acids is 1. The number of nitrogens with zero attached hydrogens (tertiary/aromatic N) is 4. The van der Waals surface area contributed by atoms with E-state index in [0.29, 0.717) is 53.8 Å². The zero-order valence-corrected chi connectivity index (χ0v) is 19.3. The number of carbonyl (C=O) groups is 1. The number of rotatable bonds is 2. The van der Waals surface area contributed by atoms with Crippen LogP contribution in [-0.2, 0) is 16.0 Å². The van der Waals surface area contributed by atoms with E-state index in [-0.39, 0.29) is 18.0 Å². The fourth-order valence-corrected chi connectivity index (χ4v) is 5.47. The summed E-state index contributed by atoms with van der Waals surface area (Å²) >= 11 is 12.7. The molecule has 0 spiro atoms. The van der Waals surface area contributed by atoms with Crippen molar-refractivity contribution in [2.45, 2.75) is 31.9 Å². The second-order valence-electron chi connectivity index (χ2n) is 8.44. The lowest BCUT2D eigenvalue weighted by Gasteiger charge is -2.45. The number of morpholine rings is 1. The highest BCUT2D eigenvalue weighted by molar-refractivity contribution is 6.35. The first-order valence-corrected chi connectivity index (χ1v) is 11.2. The lowest BCUT2D eigenvalue weighted by molar-refractivity contribution is -0.160. The molecule has 5 rings (SSSR count). The first-order chi connectivity index (χ1) is 15.3. The van der Waals surface area contributed by atoms with Gasteiger partial charge >= 0.3 is 0 Å². The van der Waals surface area contributed by atoms with Gasteiger partial charge in [-0.15, -0.1) is 0 Å². The summed E-state index contributed by atoms with van der Waals surface area (Å²) < 4.78 is 11.7. The van der Waals surface area contributed by atoms with Gasteiger partial charge in [-0.1, -0.05) is 23.2 Å². The number of halogens is 2. The number of aromatic nitrogens is 2. The van der Waals surface area contributed by atoms with Gasteiger partial charge < -0.3 is 24.7 Å². The van der Waals surface area contributed by atoms with E-state index in [2.05, 4.69) is 9.97 Å². The molecule has 1 aromatic carbocycles. The van der Waals surface area contributed by atoms with Crippen LogP contribution in [0.4, 0.5) is 11.7 Å². The van der Waals surface area contributed by atoms with Gasteiger partial charge in [0.25, 0.3) is 11.9 Å². The van der Waals surface area contributed by atoms with Gasteiger partial charge in [-0.25, -0.2) is 0 Å². The van der Waals surface area contributed by atoms with E-state index in [0.717, 1.165) is 16.8 Å². The van der Waals surface area contributed by atoms with Gasteiger partial charge in [-0.05, 0) is 43.5 Å². The third-order valence-electron chi connectivity index (χ3n) is 6.31. The largest absolute Gasteiger partial charge is 0.421 e. The van der Waals surface area contributed by atoms with E-state index < -0.39 is 5.60 Å². The number of pyridine rings is 1. The number of benzene rings is 1. The van der Waals surface area contributed by atoms with Crippen LogP contribution < -0.4 is 10.6 Å². The van der Waals surface area contributed by atoms with Crippen LogP contribution in [0.5, 0.6) is 0 Å². The highest BCUT2D eigenvalue weighted by atomic mass is 35.5. The van der Waals surface area contributed by atoms with Crippen LogP contribution in [-0.4, -0.2) is 52.6 Å². The summed E-state index contributed by atoms with van der Waals surface area (Å²) in [6.45, 7) is 5.71. The second kappa shape index (κ2) is 7.79. The fraction of sp³-hybridized carbons (Fsp3) is 0.409. The molecule has 168 valence electrons. The van der Waals surface area contributed by atoms with E-state index in [1.165, 1.54) is 0 Å². The molecule has 32 heavy (non-hydrogen) atoms. The minimum atomic E-state index is -1.04. The summed E-state index contributed by atoms with van der Waals surface area (Å²) in [6, 6.07) is 3.55. The third kappa shape index (κ3) is 3.46. The zero-order valence-electron chi connectivity index (χ0n) is 17.8. The predicted octanol–water partition coefficient (Wildman–Crippen LogP) is 3.85. The Morgan fingerprint density at radius 2 is 2.09 bits per heavy atom. The van der Waals surface area contributed by atoms with Crippen molar-refractivity contribution in [1.82, 2.24) is 14.9 Å². The van der Waals surface area contributed by atoms with Crippen molar-refractivity contribution in [3.05, 3.63) is 45.7 Å². The molecular formula is C22H23Cl2N5O3. The summed E-state index contributed by atoms with van der Waals surface area (Å²) in [7, 11) is 0. The van der Waals surface area contributed by atoms with Crippen molar-refractivity contribution in [2.24, 2.45) is 0 Å². The molecule has 3 aromatic rings. The van der Waals surface area contributed by atoms with E-state index in [1.54, 1.807) is 18.5 Å². The summed E-state index contributed by atoms with van der Waals surface area (Å²) in [4.78, 5) is 26.0. The van der Waals surface area contributed by atoms with Gasteiger partial charge in [0, 0.05) is 23.1 Å². The average molecular weight is 476 g/mol. The molecule has 10 heteroatoms. The Bertz CT molecular complexity index is 1220. The number of oxazole rings is 1. The van der Waals surface area contributed by atoms with Gasteiger partial charge in [0.1, 0.15) is 11.2 Å². The van der Waals surface area contributed by atoms with Crippen molar-refractivity contribution < 1.29 is 13.9 Å². The van der Waals surface area contributed by atoms with E-state index in [1.807, 2.05) is 29.7 Å². The van der Waals surface area contributed by atoms with E-state index in [9.17, 15) is 4.79 Å². The molecule has 2 N–H and O–H groups in total. The molecule has 2 atom stereocenters. The Balaban J connectivity index is 1.43. The minimum Gasteiger partial charge on any atom is -0.421 e. The van der Waals surface area contributed by atoms with Crippen LogP contribution in [0.3, 0.4) is 0 Å². The van der Waals surface area contributed by atoms with Gasteiger partial charge in [-0.3, -0.25) is 9.78 Å². The van der Waals surface area contributed by atoms with Crippen molar-refractivity contribution in [2.75, 3.05) is 36.9 Å². The molecule has 1 unspecified atom stereocenters. The molecule has 2 aliphatic heterocycles. The molecule has 2 aliphatic rings. The maximum Gasteiger partial charge on any atom is 0.293 e. The fourth-order valence-electron chi connectivity index (χ4n) is 4.77. The molecular weight excluding hydrogens is 453 g/mol. The lowest BCUT2D eigenvalue weighted by atomic mass is 9.91. The molecule has 1 fully saturated rings. The topological polar surface area (TPSA) is 97.7 Å². The van der Waals surface area contributed by atoms with Crippen molar-refractivity contribution >= 4 is 51.9 Å². The molecule has 0 bridgehead atoms. The smallest absolute Gasteiger partial charge is 0.293 e. The first-order valence-electron chi connectivity index (χ1n) is 10.4. The Labute approximate surface area is 195 Å². The molecule has 0 aliphatic carbocycles. The normalized spacial score (nSPS) is 23.4. The molecule has 0 radical (unpaired) electrons. The summed E-state index contributed by atoms with van der Waals surface area (Å²) in [5, 5.41) is 1.18. The molecule has 8 nitrogen and oxygen atoms in total. The third-order valence-corrected chi connectivity index (χ3v) is 6.84. The summed E-state index contributed by atoms with van der Waals surface area (Å²) in [5.41, 5.74) is 8.58. The number of fused-ring (bicyclic) bond motifs is 2. The molecule has 0 saturated carbocycles. The number of ether oxygens (including phenoxy) is 1. The van der Waals surface area contributed by atoms with Crippen LogP contribution in [0, 0.1) is 0 Å². The molecule has 1 saturated heterocycles. The number of nitrogen functional groups attached to an aromatic ring is 1. The van der Waals surface area contributed by atoms with Crippen LogP contribution in [0.25, 0.3) is 11.1 Å². The van der Waals surface area contributed by atoms with Crippen molar-refractivity contribution in [3.8, 4) is 0 Å². The number of hydrogen-bond acceptors (Lipinski definition) is 7. The number of anilines is 2. The van der Waals surface area contributed by atoms with Crippen molar-refractivity contribution in [3.63, 3.8) is 0 Å². The molecule has 2 aromatic heterocycles. The van der Waals surface area contributed by atoms with Crippen LogP contribution in [0.1, 0.15) is 31.0 Å². The summed E-state index contributed by atoms with van der Waals surface area (Å²) in [5.74, 6) is -0.0800. The van der Waals surface area contributed by atoms with Crippen LogP contribution in [0.15, 0.2) is 28.9 Å². The number of amides is 1. The van der Waals surface area contributed by atoms with Gasteiger partial charge in [0.2, 0.25) is 0 Å². The maximum atomic E-state index is 13.8. The minimum absolute atomic E-state index is 0.0800. The van der Waals surface area contributed by atoms with Crippen LogP contribution >= 0.6 is 23.2 Å². The van der Waals surface area contributed by atoms with Gasteiger partial charge in [0.15, 0.2) is 11.2 Å². The average Bonchev–Trinajstić information content (AvgIpc) is 3.13. The van der Waals surface area contributed by atoms with Crippen molar-refractivity contribution in [1.29, 1.82) is 0 Å². The Morgan fingerprint density at radius 3 is 2.91 bits per heavy atom. The molecule has 1 amide bonds. The van der Waals surface area contributed by atoms with E-state index in [4.69, 9.17) is 38.1 Å². The second-order valence-corrected chi connectivity index (χ2v) is 9.29. The van der Waals surface area contributed by atoms with E-state index >= 15 is 0 Å². The SMILES string of the molecule is C[C@H]1c2c(Cl)cc(Cl)cc2CCN1C(=O)C1(C)CN(c2cncc3nc(N)oc23)CCO1. The lowest BCUT2D eigenvalue weighted by Crippen LogP contribution is -2.60. The van der Waals surface area contributed by atoms with Gasteiger partial charge in [0.05, 0.1) is 31.6 Å². The highest BCUT2D eigenvalue weighted by Gasteiger charge is 2.45. The number of hydrogen-bond donors (Lipinski definition) is 1. The van der Waals surface area contributed by atoms with Crippen LogP contribution in [0.2, 0.25) is 10.0 Å². The monoisotopic (exact) mass is 475 g/mol. The quantitative estimate of drug-likeness (QED) is 0.600.